The van der Waals surface area contributed by atoms with Crippen molar-refractivity contribution in [3.05, 3.63) is 88.6 Å². The van der Waals surface area contributed by atoms with Gasteiger partial charge < -0.3 is 20.4 Å². The van der Waals surface area contributed by atoms with Crippen LogP contribution in [-0.4, -0.2) is 51.2 Å². The van der Waals surface area contributed by atoms with E-state index in [0.29, 0.717) is 17.9 Å². The van der Waals surface area contributed by atoms with Crippen molar-refractivity contribution in [2.24, 2.45) is 11.7 Å². The van der Waals surface area contributed by atoms with Gasteiger partial charge in [-0.3, -0.25) is 5.41 Å². The van der Waals surface area contributed by atoms with E-state index in [0.717, 1.165) is 84.2 Å². The first-order chi connectivity index (χ1) is 19.7. The van der Waals surface area contributed by atoms with Crippen molar-refractivity contribution >= 4 is 39.7 Å². The Morgan fingerprint density at radius 3 is 2.66 bits per heavy atom. The van der Waals surface area contributed by atoms with E-state index in [1.54, 1.807) is 0 Å². The molecule has 214 valence electrons. The molecule has 0 amide bonds. The van der Waals surface area contributed by atoms with E-state index < -0.39 is 0 Å². The number of anilines is 1. The van der Waals surface area contributed by atoms with Gasteiger partial charge >= 0.3 is 0 Å². The molecule has 1 saturated heterocycles. The lowest BCUT2D eigenvalue weighted by atomic mass is 9.94. The van der Waals surface area contributed by atoms with Crippen LogP contribution in [0.1, 0.15) is 53.7 Å². The number of nitrogens with one attached hydrogen (secondary N) is 2. The molecule has 1 fully saturated rings. The Morgan fingerprint density at radius 2 is 1.93 bits per heavy atom. The molecule has 0 saturated carbocycles. The standard InChI is InChI=1S/C33H40N6OS/c1-4-39-14-13-25(20-39)29(11-10-27-18-26-17-24(33(34)35)9-12-30(26)40-27)37-31-15-22(3)36-32(38-31)19-28(41)16-23-7-5-21(2)6-8-23/h5-9,12,15,17-18,25,29H,4,10-11,13-14,16,19-20H2,1-3H3,(H3,34,35)(H,36,37,38). The maximum absolute atomic E-state index is 7.73. The number of aryl methyl sites for hydroxylation is 3. The van der Waals surface area contributed by atoms with Crippen LogP contribution >= 0.6 is 12.2 Å². The lowest BCUT2D eigenvalue weighted by molar-refractivity contribution is 0.327. The molecule has 5 rings (SSSR count). The molecule has 2 aromatic heterocycles. The van der Waals surface area contributed by atoms with Crippen LogP contribution in [0.25, 0.3) is 11.0 Å². The zero-order valence-electron chi connectivity index (χ0n) is 24.2. The van der Waals surface area contributed by atoms with E-state index in [-0.39, 0.29) is 11.9 Å². The van der Waals surface area contributed by atoms with Gasteiger partial charge in [0.2, 0.25) is 0 Å². The van der Waals surface area contributed by atoms with E-state index in [1.807, 2.05) is 31.2 Å². The zero-order chi connectivity index (χ0) is 28.9. The molecule has 2 atom stereocenters. The fourth-order valence-electron chi connectivity index (χ4n) is 5.74. The maximum Gasteiger partial charge on any atom is 0.135 e. The second-order valence-electron chi connectivity index (χ2n) is 11.3. The number of nitrogen functional groups attached to an aromatic ring is 1. The molecule has 2 aromatic carbocycles. The van der Waals surface area contributed by atoms with Crippen LogP contribution in [0.5, 0.6) is 0 Å². The summed E-state index contributed by atoms with van der Waals surface area (Å²) in [5.74, 6) is 3.16. The van der Waals surface area contributed by atoms with E-state index in [4.69, 9.17) is 37.7 Å². The van der Waals surface area contributed by atoms with Gasteiger partial charge in [-0.2, -0.15) is 0 Å². The number of hydrogen-bond donors (Lipinski definition) is 3. The number of hydrogen-bond acceptors (Lipinski definition) is 7. The molecular weight excluding hydrogens is 528 g/mol. The highest BCUT2D eigenvalue weighted by Crippen LogP contribution is 2.27. The van der Waals surface area contributed by atoms with Crippen molar-refractivity contribution in [2.45, 2.75) is 58.9 Å². The SMILES string of the molecule is CCN1CCC(C(CCc2cc3cc(C(=N)N)ccc3o2)Nc2cc(C)nc(CC(=S)Cc3ccc(C)cc3)n2)C1. The minimum absolute atomic E-state index is 0.0658. The summed E-state index contributed by atoms with van der Waals surface area (Å²) in [5.41, 5.74) is 10.6. The summed E-state index contributed by atoms with van der Waals surface area (Å²) < 4.78 is 6.16. The summed E-state index contributed by atoms with van der Waals surface area (Å²) in [7, 11) is 0. The van der Waals surface area contributed by atoms with Crippen LogP contribution < -0.4 is 11.1 Å². The zero-order valence-corrected chi connectivity index (χ0v) is 25.1. The first kappa shape index (κ1) is 28.9. The predicted molar refractivity (Wildman–Crippen MR) is 171 cm³/mol. The lowest BCUT2D eigenvalue weighted by Gasteiger charge is -2.26. The number of aromatic nitrogens is 2. The van der Waals surface area contributed by atoms with Gasteiger partial charge in [0.25, 0.3) is 0 Å². The minimum atomic E-state index is 0.0658. The van der Waals surface area contributed by atoms with Crippen LogP contribution in [0.15, 0.2) is 59.0 Å². The summed E-state index contributed by atoms with van der Waals surface area (Å²) in [6.07, 6.45) is 4.22. The van der Waals surface area contributed by atoms with Gasteiger partial charge in [-0.1, -0.05) is 49.0 Å². The second-order valence-corrected chi connectivity index (χ2v) is 11.9. The molecule has 8 heteroatoms. The molecule has 0 spiro atoms. The minimum Gasteiger partial charge on any atom is -0.461 e. The number of thiocarbonyl (C=S) groups is 1. The third-order valence-electron chi connectivity index (χ3n) is 8.02. The van der Waals surface area contributed by atoms with Gasteiger partial charge in [0, 0.05) is 59.4 Å². The Morgan fingerprint density at radius 1 is 1.12 bits per heavy atom. The molecule has 2 unspecified atom stereocenters. The molecule has 1 aliphatic heterocycles. The first-order valence-corrected chi connectivity index (χ1v) is 14.9. The summed E-state index contributed by atoms with van der Waals surface area (Å²) in [5, 5.41) is 12.5. The van der Waals surface area contributed by atoms with E-state index in [1.165, 1.54) is 11.1 Å². The van der Waals surface area contributed by atoms with Crippen LogP contribution in [-0.2, 0) is 19.3 Å². The van der Waals surface area contributed by atoms with Crippen molar-refractivity contribution in [1.29, 1.82) is 5.41 Å². The molecular formula is C33H40N6OS. The van der Waals surface area contributed by atoms with Gasteiger partial charge in [0.05, 0.1) is 0 Å². The highest BCUT2D eigenvalue weighted by atomic mass is 32.1. The van der Waals surface area contributed by atoms with Crippen molar-refractivity contribution in [3.8, 4) is 0 Å². The molecule has 4 aromatic rings. The first-order valence-electron chi connectivity index (χ1n) is 14.5. The molecule has 1 aliphatic rings. The molecule has 41 heavy (non-hydrogen) atoms. The Labute approximate surface area is 248 Å². The highest BCUT2D eigenvalue weighted by Gasteiger charge is 2.29. The number of benzene rings is 2. The number of likely N-dealkylation sites (tertiary alicyclic amines) is 1. The Kier molecular flexibility index (Phi) is 9.10. The monoisotopic (exact) mass is 568 g/mol. The summed E-state index contributed by atoms with van der Waals surface area (Å²) >= 11 is 5.75. The lowest BCUT2D eigenvalue weighted by Crippen LogP contribution is -2.33. The number of nitrogens with two attached hydrogens (primary N) is 1. The van der Waals surface area contributed by atoms with Crippen molar-refractivity contribution in [1.82, 2.24) is 14.9 Å². The Bertz CT molecular complexity index is 1530. The molecule has 0 aliphatic carbocycles. The largest absolute Gasteiger partial charge is 0.461 e. The number of rotatable bonds is 12. The third-order valence-corrected chi connectivity index (χ3v) is 8.30. The molecule has 3 heterocycles. The smallest absolute Gasteiger partial charge is 0.135 e. The van der Waals surface area contributed by atoms with Crippen LogP contribution in [0, 0.1) is 25.2 Å². The van der Waals surface area contributed by atoms with Crippen LogP contribution in [0.2, 0.25) is 0 Å². The van der Waals surface area contributed by atoms with E-state index >= 15 is 0 Å². The van der Waals surface area contributed by atoms with Gasteiger partial charge in [-0.15, -0.1) is 0 Å². The number of fused-ring (bicyclic) bond motifs is 1. The normalized spacial score (nSPS) is 16.2. The second kappa shape index (κ2) is 12.9. The Balaban J connectivity index is 1.30. The molecule has 7 nitrogen and oxygen atoms in total. The van der Waals surface area contributed by atoms with Crippen molar-refractivity contribution in [2.75, 3.05) is 25.0 Å². The fraction of sp³-hybridized carbons (Fsp3) is 0.394. The van der Waals surface area contributed by atoms with Crippen molar-refractivity contribution < 1.29 is 4.42 Å². The average molecular weight is 569 g/mol. The van der Waals surface area contributed by atoms with Crippen LogP contribution in [0.4, 0.5) is 5.82 Å². The van der Waals surface area contributed by atoms with Gasteiger partial charge in [-0.05, 0) is 75.5 Å². The maximum atomic E-state index is 7.73. The summed E-state index contributed by atoms with van der Waals surface area (Å²) in [6.45, 7) is 9.62. The highest BCUT2D eigenvalue weighted by molar-refractivity contribution is 7.80. The number of amidine groups is 1. The van der Waals surface area contributed by atoms with Gasteiger partial charge in [0.15, 0.2) is 0 Å². The summed E-state index contributed by atoms with van der Waals surface area (Å²) in [6, 6.07) is 18.5. The Hall–Kier alpha value is -3.62. The predicted octanol–water partition coefficient (Wildman–Crippen LogP) is 6.03. The molecule has 0 radical (unpaired) electrons. The third kappa shape index (κ3) is 7.57. The van der Waals surface area contributed by atoms with E-state index in [2.05, 4.69) is 54.4 Å². The molecule has 0 bridgehead atoms. The average Bonchev–Trinajstić information content (AvgIpc) is 3.58. The van der Waals surface area contributed by atoms with Crippen molar-refractivity contribution in [3.63, 3.8) is 0 Å². The topological polar surface area (TPSA) is 104 Å². The quantitative estimate of drug-likeness (QED) is 0.109. The number of nitrogens with zero attached hydrogens (tertiary/aromatic N) is 3. The van der Waals surface area contributed by atoms with Gasteiger partial charge in [-0.25, -0.2) is 9.97 Å². The molecule has 4 N–H and O–H groups in total. The summed E-state index contributed by atoms with van der Waals surface area (Å²) in [4.78, 5) is 13.1. The fourth-order valence-corrected chi connectivity index (χ4v) is 6.03. The van der Waals surface area contributed by atoms with Crippen LogP contribution in [0.3, 0.4) is 0 Å². The van der Waals surface area contributed by atoms with E-state index in [9.17, 15) is 0 Å². The number of furan rings is 1. The van der Waals surface area contributed by atoms with Gasteiger partial charge in [0.1, 0.15) is 28.8 Å².